The first-order chi connectivity index (χ1) is 21.5. The van der Waals surface area contributed by atoms with Crippen molar-refractivity contribution in [3.05, 3.63) is 90.3 Å². The molecule has 236 valence electrons. The smallest absolute Gasteiger partial charge is 0.340 e. The molecule has 1 aliphatic rings. The molecule has 0 spiro atoms. The maximum Gasteiger partial charge on any atom is 0.340 e. The molecule has 0 aliphatic carbocycles. The van der Waals surface area contributed by atoms with Crippen LogP contribution in [-0.4, -0.2) is 79.3 Å². The molecule has 1 fully saturated rings. The Morgan fingerprint density at radius 3 is 2.64 bits per heavy atom. The number of carbonyl (C=O) groups is 2. The van der Waals surface area contributed by atoms with E-state index in [1.807, 2.05) is 0 Å². The van der Waals surface area contributed by atoms with Gasteiger partial charge in [0.15, 0.2) is 23.5 Å². The third-order valence-electron chi connectivity index (χ3n) is 6.95. The van der Waals surface area contributed by atoms with Gasteiger partial charge in [0.1, 0.15) is 42.4 Å². The molecule has 1 aliphatic heterocycles. The molecule has 1 saturated heterocycles. The summed E-state index contributed by atoms with van der Waals surface area (Å²) in [6.45, 7) is 4.82. The molecule has 2 aromatic carbocycles. The zero-order valence-corrected chi connectivity index (χ0v) is 23.6. The highest BCUT2D eigenvalue weighted by molar-refractivity contribution is 5.90. The maximum absolute atomic E-state index is 14.2. The van der Waals surface area contributed by atoms with Gasteiger partial charge in [0.25, 0.3) is 0 Å². The summed E-state index contributed by atoms with van der Waals surface area (Å²) in [7, 11) is 0. The topological polar surface area (TPSA) is 188 Å². The second-order valence-electron chi connectivity index (χ2n) is 10.0. The number of carbonyl (C=O) groups excluding carboxylic acids is 2. The number of hydrogen-bond donors (Lipinski definition) is 4. The zero-order chi connectivity index (χ0) is 32.4. The van der Waals surface area contributed by atoms with Crippen molar-refractivity contribution in [2.24, 2.45) is 0 Å². The van der Waals surface area contributed by atoms with E-state index in [-0.39, 0.29) is 34.6 Å². The molecular formula is C30H28F2N4O9. The Morgan fingerprint density at radius 1 is 1.16 bits per heavy atom. The Morgan fingerprint density at radius 2 is 1.93 bits per heavy atom. The molecule has 3 heterocycles. The first-order valence-electron chi connectivity index (χ1n) is 13.5. The van der Waals surface area contributed by atoms with Gasteiger partial charge >= 0.3 is 11.9 Å². The summed E-state index contributed by atoms with van der Waals surface area (Å²) >= 11 is 0. The van der Waals surface area contributed by atoms with Crippen LogP contribution >= 0.6 is 0 Å². The Labute approximate surface area is 254 Å². The number of aliphatic hydroxyl groups excluding tert-OH is 3. The van der Waals surface area contributed by atoms with Gasteiger partial charge in [0.05, 0.1) is 11.3 Å². The van der Waals surface area contributed by atoms with E-state index in [4.69, 9.17) is 24.7 Å². The molecule has 5 N–H and O–H groups in total. The van der Waals surface area contributed by atoms with E-state index in [9.17, 15) is 33.7 Å². The van der Waals surface area contributed by atoms with Crippen LogP contribution < -0.4 is 10.5 Å². The van der Waals surface area contributed by atoms with Crippen molar-refractivity contribution >= 4 is 28.7 Å². The quantitative estimate of drug-likeness (QED) is 0.157. The monoisotopic (exact) mass is 626 g/mol. The minimum Gasteiger partial charge on any atom is -0.482 e. The number of benzene rings is 2. The first kappa shape index (κ1) is 31.5. The van der Waals surface area contributed by atoms with Crippen LogP contribution in [0.5, 0.6) is 5.75 Å². The fourth-order valence-electron chi connectivity index (χ4n) is 4.72. The van der Waals surface area contributed by atoms with E-state index in [1.54, 1.807) is 19.2 Å². The summed E-state index contributed by atoms with van der Waals surface area (Å²) in [5.41, 5.74) is 6.68. The molecule has 0 saturated carbocycles. The number of aliphatic hydroxyl groups is 3. The van der Waals surface area contributed by atoms with E-state index in [0.29, 0.717) is 17.3 Å². The van der Waals surface area contributed by atoms with Gasteiger partial charge in [-0.05, 0) is 43.3 Å². The summed E-state index contributed by atoms with van der Waals surface area (Å²) in [4.78, 5) is 29.6. The number of nitrogen functional groups attached to an aromatic ring is 1. The maximum atomic E-state index is 14.2. The van der Waals surface area contributed by atoms with Gasteiger partial charge in [-0.2, -0.15) is 5.10 Å². The summed E-state index contributed by atoms with van der Waals surface area (Å²) in [5.74, 6) is -3.95. The largest absolute Gasteiger partial charge is 0.482 e. The lowest BCUT2D eigenvalue weighted by atomic mass is 9.99. The lowest BCUT2D eigenvalue weighted by Crippen LogP contribution is -2.60. The molecule has 0 radical (unpaired) electrons. The van der Waals surface area contributed by atoms with Crippen LogP contribution in [0, 0.1) is 11.6 Å². The number of halogens is 2. The van der Waals surface area contributed by atoms with Crippen molar-refractivity contribution in [1.82, 2.24) is 14.8 Å². The van der Waals surface area contributed by atoms with Gasteiger partial charge in [-0.25, -0.2) is 28.0 Å². The second kappa shape index (κ2) is 13.0. The lowest BCUT2D eigenvalue weighted by Gasteiger charge is -2.38. The predicted octanol–water partition coefficient (Wildman–Crippen LogP) is 2.11. The molecule has 5 rings (SSSR count). The van der Waals surface area contributed by atoms with Crippen molar-refractivity contribution in [2.75, 3.05) is 12.3 Å². The highest BCUT2D eigenvalue weighted by Crippen LogP contribution is 2.33. The standard InChI is InChI=1S/C30H28F2N4O9/c1-3-9-42-29(41)26-24(38)23(37)25(39)30(44-26)45-28(40)15-5-6-20(36-8-4-7-34-36)18(11-15)14(2)43-21-12-16-10-17(31)13-19(32)22(16)35-27(21)33/h3-8,10-14,23-26,30,37-39H,1,9H2,2H3,(H2,33,35)/t14-,23-,24-,25+,26-,30-/m0/s1. The van der Waals surface area contributed by atoms with Gasteiger partial charge in [-0.15, -0.1) is 0 Å². The van der Waals surface area contributed by atoms with Gasteiger partial charge in [0.2, 0.25) is 6.29 Å². The number of nitrogens with two attached hydrogens (primary N) is 1. The zero-order valence-electron chi connectivity index (χ0n) is 23.6. The molecule has 6 atom stereocenters. The van der Waals surface area contributed by atoms with Crippen LogP contribution in [0.1, 0.15) is 28.9 Å². The van der Waals surface area contributed by atoms with E-state index >= 15 is 0 Å². The van der Waals surface area contributed by atoms with Crippen molar-refractivity contribution in [2.45, 2.75) is 43.7 Å². The Bertz CT molecular complexity index is 1740. The SMILES string of the molecule is C=CCOC(=O)[C@H]1O[C@@H](OC(=O)c2ccc(-n3cccn3)c([C@H](C)Oc3cc4cc(F)cc(F)c4nc3N)c2)[C@H](O)[C@@H](O)[C@@H]1O. The molecule has 45 heavy (non-hydrogen) atoms. The fourth-order valence-corrected chi connectivity index (χ4v) is 4.72. The molecule has 13 nitrogen and oxygen atoms in total. The molecular weight excluding hydrogens is 598 g/mol. The van der Waals surface area contributed by atoms with Crippen LogP contribution in [0.25, 0.3) is 16.6 Å². The van der Waals surface area contributed by atoms with Crippen molar-refractivity contribution in [3.8, 4) is 11.4 Å². The van der Waals surface area contributed by atoms with E-state index in [1.165, 1.54) is 41.2 Å². The minimum atomic E-state index is -1.91. The number of nitrogens with zero attached hydrogens (tertiary/aromatic N) is 3. The lowest BCUT2D eigenvalue weighted by molar-refractivity contribution is -0.279. The van der Waals surface area contributed by atoms with Crippen LogP contribution in [0.2, 0.25) is 0 Å². The Hall–Kier alpha value is -4.96. The van der Waals surface area contributed by atoms with Crippen LogP contribution in [0.4, 0.5) is 14.6 Å². The van der Waals surface area contributed by atoms with Crippen molar-refractivity contribution < 1.29 is 52.6 Å². The predicted molar refractivity (Wildman–Crippen MR) is 152 cm³/mol. The number of hydrogen-bond acceptors (Lipinski definition) is 12. The number of pyridine rings is 1. The van der Waals surface area contributed by atoms with Crippen LogP contribution in [0.3, 0.4) is 0 Å². The highest BCUT2D eigenvalue weighted by atomic mass is 19.1. The first-order valence-corrected chi connectivity index (χ1v) is 13.5. The van der Waals surface area contributed by atoms with Gasteiger partial charge in [-0.3, -0.25) is 0 Å². The van der Waals surface area contributed by atoms with Crippen molar-refractivity contribution in [3.63, 3.8) is 0 Å². The van der Waals surface area contributed by atoms with Crippen molar-refractivity contribution in [1.29, 1.82) is 0 Å². The summed E-state index contributed by atoms with van der Waals surface area (Å²) in [6.07, 6.45) is -5.72. The number of ether oxygens (including phenoxy) is 4. The average molecular weight is 627 g/mol. The summed E-state index contributed by atoms with van der Waals surface area (Å²) in [5, 5.41) is 35.2. The third kappa shape index (κ3) is 6.46. The van der Waals surface area contributed by atoms with Crippen LogP contribution in [0.15, 0.2) is 67.5 Å². The molecule has 15 heteroatoms. The number of anilines is 1. The second-order valence-corrected chi connectivity index (χ2v) is 10.0. The summed E-state index contributed by atoms with van der Waals surface area (Å²) in [6, 6.07) is 9.11. The van der Waals surface area contributed by atoms with Gasteiger partial charge in [-0.1, -0.05) is 12.7 Å². The normalized spacial score (nSPS) is 22.0. The highest BCUT2D eigenvalue weighted by Gasteiger charge is 2.49. The van der Waals surface area contributed by atoms with Crippen LogP contribution in [-0.2, 0) is 19.0 Å². The summed E-state index contributed by atoms with van der Waals surface area (Å²) < 4.78 is 51.1. The molecule has 0 bridgehead atoms. The van der Waals surface area contributed by atoms with E-state index in [2.05, 4.69) is 16.7 Å². The molecule has 0 unspecified atom stereocenters. The number of fused-ring (bicyclic) bond motifs is 1. The Kier molecular flexibility index (Phi) is 9.06. The Balaban J connectivity index is 1.43. The van der Waals surface area contributed by atoms with Gasteiger partial charge in [0, 0.05) is 29.4 Å². The minimum absolute atomic E-state index is 0.0139. The fraction of sp³-hybridized carbons (Fsp3) is 0.267. The number of rotatable bonds is 9. The number of esters is 2. The third-order valence-corrected chi connectivity index (χ3v) is 6.95. The molecule has 0 amide bonds. The van der Waals surface area contributed by atoms with Gasteiger partial charge < -0.3 is 40.0 Å². The van der Waals surface area contributed by atoms with E-state index in [0.717, 1.165) is 6.07 Å². The van der Waals surface area contributed by atoms with E-state index < -0.39 is 60.4 Å². The molecule has 4 aromatic rings. The average Bonchev–Trinajstić information content (AvgIpc) is 3.55. The molecule has 2 aromatic heterocycles. The number of aromatic nitrogens is 3.